The number of nitrogens with one attached hydrogen (secondary N) is 1. The van der Waals surface area contributed by atoms with Gasteiger partial charge in [0.05, 0.1) is 6.04 Å². The van der Waals surface area contributed by atoms with Crippen molar-refractivity contribution in [2.75, 3.05) is 0 Å². The third-order valence-electron chi connectivity index (χ3n) is 3.33. The zero-order valence-corrected chi connectivity index (χ0v) is 12.8. The second-order valence-electron chi connectivity index (χ2n) is 4.59. The molecule has 0 aliphatic rings. The molecule has 3 nitrogen and oxygen atoms in total. The highest BCUT2D eigenvalue weighted by atomic mass is 79.9. The van der Waals surface area contributed by atoms with E-state index in [1.807, 2.05) is 12.3 Å². The molecule has 1 heterocycles. The van der Waals surface area contributed by atoms with Gasteiger partial charge in [-0.2, -0.15) is 0 Å². The van der Waals surface area contributed by atoms with Crippen LogP contribution in [0.25, 0.3) is 0 Å². The number of aromatic nitrogens is 1. The minimum Gasteiger partial charge on any atom is -0.271 e. The SMILES string of the molecule is CCc1cnccc1C(Cc1cc(Br)ccc1F)NN. The first-order chi connectivity index (χ1) is 9.65. The van der Waals surface area contributed by atoms with Crippen LogP contribution >= 0.6 is 15.9 Å². The molecule has 5 heteroatoms. The monoisotopic (exact) mass is 337 g/mol. The Kier molecular flexibility index (Phi) is 5.23. The molecule has 0 bridgehead atoms. The molecule has 0 saturated carbocycles. The van der Waals surface area contributed by atoms with Crippen LogP contribution in [0, 0.1) is 5.82 Å². The lowest BCUT2D eigenvalue weighted by atomic mass is 9.95. The maximum absolute atomic E-state index is 13.9. The Morgan fingerprint density at radius 1 is 1.35 bits per heavy atom. The Balaban J connectivity index is 2.31. The van der Waals surface area contributed by atoms with Gasteiger partial charge in [0.2, 0.25) is 0 Å². The van der Waals surface area contributed by atoms with Gasteiger partial charge in [-0.15, -0.1) is 0 Å². The lowest BCUT2D eigenvalue weighted by Crippen LogP contribution is -2.30. The van der Waals surface area contributed by atoms with Crippen LogP contribution in [0.1, 0.15) is 29.7 Å². The van der Waals surface area contributed by atoms with Gasteiger partial charge in [0, 0.05) is 16.9 Å². The molecular formula is C15H17BrFN3. The quantitative estimate of drug-likeness (QED) is 0.650. The molecule has 0 spiro atoms. The lowest BCUT2D eigenvalue weighted by molar-refractivity contribution is 0.525. The van der Waals surface area contributed by atoms with Gasteiger partial charge in [0.1, 0.15) is 5.82 Å². The van der Waals surface area contributed by atoms with E-state index in [2.05, 4.69) is 33.3 Å². The topological polar surface area (TPSA) is 50.9 Å². The highest BCUT2D eigenvalue weighted by molar-refractivity contribution is 9.10. The summed E-state index contributed by atoms with van der Waals surface area (Å²) in [7, 11) is 0. The smallest absolute Gasteiger partial charge is 0.126 e. The summed E-state index contributed by atoms with van der Waals surface area (Å²) in [6.07, 6.45) is 4.91. The zero-order chi connectivity index (χ0) is 14.5. The van der Waals surface area contributed by atoms with Crippen LogP contribution in [0.5, 0.6) is 0 Å². The Hall–Kier alpha value is -1.30. The zero-order valence-electron chi connectivity index (χ0n) is 11.2. The van der Waals surface area contributed by atoms with Gasteiger partial charge in [-0.05, 0) is 53.8 Å². The number of nitrogens with two attached hydrogens (primary N) is 1. The largest absolute Gasteiger partial charge is 0.271 e. The van der Waals surface area contributed by atoms with Gasteiger partial charge in [-0.3, -0.25) is 16.3 Å². The molecule has 0 radical (unpaired) electrons. The lowest BCUT2D eigenvalue weighted by Gasteiger charge is -2.19. The average molecular weight is 338 g/mol. The van der Waals surface area contributed by atoms with E-state index in [1.54, 1.807) is 18.3 Å². The van der Waals surface area contributed by atoms with Crippen molar-refractivity contribution in [2.24, 2.45) is 5.84 Å². The molecule has 1 aromatic heterocycles. The van der Waals surface area contributed by atoms with E-state index in [0.717, 1.165) is 22.0 Å². The van der Waals surface area contributed by atoms with Crippen molar-refractivity contribution in [3.63, 3.8) is 0 Å². The van der Waals surface area contributed by atoms with Gasteiger partial charge in [-0.25, -0.2) is 4.39 Å². The number of halogens is 2. The standard InChI is InChI=1S/C15H17BrFN3/c1-2-10-9-19-6-5-13(10)15(20-18)8-11-7-12(16)3-4-14(11)17/h3-7,9,15,20H,2,8,18H2,1H3. The van der Waals surface area contributed by atoms with E-state index in [-0.39, 0.29) is 11.9 Å². The molecule has 1 atom stereocenters. The first-order valence-electron chi connectivity index (χ1n) is 6.48. The summed E-state index contributed by atoms with van der Waals surface area (Å²) in [4.78, 5) is 4.12. The number of pyridine rings is 1. The summed E-state index contributed by atoms with van der Waals surface area (Å²) in [5.74, 6) is 5.44. The number of hydrogen-bond donors (Lipinski definition) is 2. The fourth-order valence-corrected chi connectivity index (χ4v) is 2.66. The van der Waals surface area contributed by atoms with Crippen LogP contribution in [-0.4, -0.2) is 4.98 Å². The number of aryl methyl sites for hydroxylation is 1. The van der Waals surface area contributed by atoms with Crippen LogP contribution < -0.4 is 11.3 Å². The molecule has 0 aliphatic heterocycles. The van der Waals surface area contributed by atoms with Gasteiger partial charge in [-0.1, -0.05) is 22.9 Å². The van der Waals surface area contributed by atoms with Crippen molar-refractivity contribution in [1.29, 1.82) is 0 Å². The average Bonchev–Trinajstić information content (AvgIpc) is 2.48. The van der Waals surface area contributed by atoms with Crippen molar-refractivity contribution in [2.45, 2.75) is 25.8 Å². The minimum absolute atomic E-state index is 0.142. The van der Waals surface area contributed by atoms with E-state index in [1.165, 1.54) is 6.07 Å². The predicted molar refractivity (Wildman–Crippen MR) is 81.5 cm³/mol. The normalized spacial score (nSPS) is 12.4. The molecule has 0 amide bonds. The second kappa shape index (κ2) is 6.92. The highest BCUT2D eigenvalue weighted by Gasteiger charge is 2.16. The van der Waals surface area contributed by atoms with Gasteiger partial charge in [0.15, 0.2) is 0 Å². The molecule has 1 unspecified atom stereocenters. The Morgan fingerprint density at radius 2 is 2.15 bits per heavy atom. The number of nitrogens with zero attached hydrogens (tertiary/aromatic N) is 1. The minimum atomic E-state index is -0.222. The van der Waals surface area contributed by atoms with Crippen molar-refractivity contribution in [3.05, 3.63) is 63.6 Å². The Labute approximate surface area is 126 Å². The van der Waals surface area contributed by atoms with E-state index >= 15 is 0 Å². The number of rotatable bonds is 5. The van der Waals surface area contributed by atoms with Gasteiger partial charge < -0.3 is 0 Å². The number of benzene rings is 1. The summed E-state index contributed by atoms with van der Waals surface area (Å²) in [6.45, 7) is 2.06. The van der Waals surface area contributed by atoms with Crippen molar-refractivity contribution >= 4 is 15.9 Å². The molecule has 20 heavy (non-hydrogen) atoms. The van der Waals surface area contributed by atoms with Crippen LogP contribution in [0.3, 0.4) is 0 Å². The highest BCUT2D eigenvalue weighted by Crippen LogP contribution is 2.24. The van der Waals surface area contributed by atoms with Gasteiger partial charge >= 0.3 is 0 Å². The molecule has 1 aromatic carbocycles. The van der Waals surface area contributed by atoms with Gasteiger partial charge in [0.25, 0.3) is 0 Å². The first-order valence-corrected chi connectivity index (χ1v) is 7.27. The number of hydrogen-bond acceptors (Lipinski definition) is 3. The molecular weight excluding hydrogens is 321 g/mol. The van der Waals surface area contributed by atoms with Crippen molar-refractivity contribution < 1.29 is 4.39 Å². The molecule has 2 rings (SSSR count). The van der Waals surface area contributed by atoms with Crippen LogP contribution in [0.15, 0.2) is 41.1 Å². The third kappa shape index (κ3) is 3.42. The van der Waals surface area contributed by atoms with E-state index < -0.39 is 0 Å². The summed E-state index contributed by atoms with van der Waals surface area (Å²) in [5.41, 5.74) is 5.58. The molecule has 0 saturated heterocycles. The molecule has 0 aliphatic carbocycles. The molecule has 2 aromatic rings. The fraction of sp³-hybridized carbons (Fsp3) is 0.267. The molecule has 3 N–H and O–H groups in total. The van der Waals surface area contributed by atoms with Crippen LogP contribution in [-0.2, 0) is 12.8 Å². The Bertz CT molecular complexity index is 589. The third-order valence-corrected chi connectivity index (χ3v) is 3.82. The maximum Gasteiger partial charge on any atom is 0.126 e. The van der Waals surface area contributed by atoms with E-state index in [4.69, 9.17) is 5.84 Å². The fourth-order valence-electron chi connectivity index (χ4n) is 2.25. The predicted octanol–water partition coefficient (Wildman–Crippen LogP) is 3.29. The molecule has 0 fully saturated rings. The second-order valence-corrected chi connectivity index (χ2v) is 5.50. The maximum atomic E-state index is 13.9. The van der Waals surface area contributed by atoms with E-state index in [9.17, 15) is 4.39 Å². The Morgan fingerprint density at radius 3 is 2.85 bits per heavy atom. The number of hydrazine groups is 1. The van der Waals surface area contributed by atoms with Crippen molar-refractivity contribution in [1.82, 2.24) is 10.4 Å². The van der Waals surface area contributed by atoms with E-state index in [0.29, 0.717) is 12.0 Å². The van der Waals surface area contributed by atoms with Crippen LogP contribution in [0.4, 0.5) is 4.39 Å². The summed E-state index contributed by atoms with van der Waals surface area (Å²) in [6, 6.07) is 6.72. The summed E-state index contributed by atoms with van der Waals surface area (Å²) < 4.78 is 14.7. The summed E-state index contributed by atoms with van der Waals surface area (Å²) in [5, 5.41) is 0. The summed E-state index contributed by atoms with van der Waals surface area (Å²) >= 11 is 3.36. The van der Waals surface area contributed by atoms with Crippen molar-refractivity contribution in [3.8, 4) is 0 Å². The first kappa shape index (κ1) is 15.1. The molecule has 106 valence electrons. The van der Waals surface area contributed by atoms with Crippen LogP contribution in [0.2, 0.25) is 0 Å².